The zero-order valence-corrected chi connectivity index (χ0v) is 14.0. The van der Waals surface area contributed by atoms with Crippen molar-refractivity contribution in [2.24, 2.45) is 28.9 Å². The average molecular weight is 281 g/mol. The second-order valence-corrected chi connectivity index (χ2v) is 8.10. The molecule has 1 saturated heterocycles. The van der Waals surface area contributed by atoms with E-state index in [2.05, 4.69) is 25.7 Å². The summed E-state index contributed by atoms with van der Waals surface area (Å²) in [5.74, 6) is 2.72. The summed E-state index contributed by atoms with van der Waals surface area (Å²) in [6, 6.07) is 0. The predicted molar refractivity (Wildman–Crippen MR) is 87.7 cm³/mol. The minimum Gasteiger partial charge on any atom is -0.330 e. The third-order valence-corrected chi connectivity index (χ3v) is 6.14. The quantitative estimate of drug-likeness (QED) is 0.846. The van der Waals surface area contributed by atoms with E-state index < -0.39 is 0 Å². The van der Waals surface area contributed by atoms with Gasteiger partial charge in [0.15, 0.2) is 0 Å². The molecular formula is C18H36N2. The molecule has 1 aliphatic carbocycles. The van der Waals surface area contributed by atoms with E-state index in [1.54, 1.807) is 0 Å². The lowest BCUT2D eigenvalue weighted by Gasteiger charge is -2.42. The Morgan fingerprint density at radius 1 is 1.10 bits per heavy atom. The Hall–Kier alpha value is -0.0800. The van der Waals surface area contributed by atoms with Gasteiger partial charge in [-0.25, -0.2) is 0 Å². The summed E-state index contributed by atoms with van der Waals surface area (Å²) in [5.41, 5.74) is 6.62. The van der Waals surface area contributed by atoms with Gasteiger partial charge in [-0.1, -0.05) is 33.6 Å². The summed E-state index contributed by atoms with van der Waals surface area (Å²) in [6.07, 6.45) is 9.71. The first-order valence-electron chi connectivity index (χ1n) is 8.97. The molecule has 2 aliphatic rings. The molecule has 1 aliphatic heterocycles. The number of hydrogen-bond donors (Lipinski definition) is 1. The van der Waals surface area contributed by atoms with Crippen LogP contribution in [-0.2, 0) is 0 Å². The van der Waals surface area contributed by atoms with Crippen LogP contribution in [0, 0.1) is 23.2 Å². The monoisotopic (exact) mass is 280 g/mol. The van der Waals surface area contributed by atoms with Crippen LogP contribution < -0.4 is 5.73 Å². The fourth-order valence-corrected chi connectivity index (χ4v) is 4.28. The van der Waals surface area contributed by atoms with Gasteiger partial charge in [0, 0.05) is 6.54 Å². The first-order valence-corrected chi connectivity index (χ1v) is 8.97. The molecule has 0 aromatic rings. The molecular weight excluding hydrogens is 244 g/mol. The third kappa shape index (κ3) is 4.21. The van der Waals surface area contributed by atoms with Gasteiger partial charge in [-0.15, -0.1) is 0 Å². The van der Waals surface area contributed by atoms with Gasteiger partial charge in [0.1, 0.15) is 0 Å². The number of likely N-dealkylation sites (tertiary alicyclic amines) is 1. The Morgan fingerprint density at radius 3 is 2.40 bits per heavy atom. The van der Waals surface area contributed by atoms with Gasteiger partial charge in [-0.2, -0.15) is 0 Å². The lowest BCUT2D eigenvalue weighted by atomic mass is 9.70. The molecule has 0 spiro atoms. The maximum absolute atomic E-state index is 6.19. The molecule has 0 aromatic carbocycles. The molecule has 0 radical (unpaired) electrons. The highest BCUT2D eigenvalue weighted by atomic mass is 15.1. The smallest absolute Gasteiger partial charge is 0.00501 e. The second kappa shape index (κ2) is 7.26. The molecule has 118 valence electrons. The fraction of sp³-hybridized carbons (Fsp3) is 1.00. The van der Waals surface area contributed by atoms with Gasteiger partial charge >= 0.3 is 0 Å². The molecule has 0 bridgehead atoms. The van der Waals surface area contributed by atoms with Crippen molar-refractivity contribution >= 4 is 0 Å². The van der Waals surface area contributed by atoms with Crippen LogP contribution in [-0.4, -0.2) is 31.1 Å². The van der Waals surface area contributed by atoms with Crippen molar-refractivity contribution in [3.63, 3.8) is 0 Å². The molecule has 20 heavy (non-hydrogen) atoms. The Labute approximate surface area is 126 Å². The Bertz CT molecular complexity index is 279. The van der Waals surface area contributed by atoms with E-state index in [1.165, 1.54) is 64.6 Å². The number of nitrogens with two attached hydrogens (primary N) is 1. The minimum atomic E-state index is 0.435. The Morgan fingerprint density at radius 2 is 1.80 bits per heavy atom. The van der Waals surface area contributed by atoms with Crippen LogP contribution in [0.4, 0.5) is 0 Å². The lowest BCUT2D eigenvalue weighted by molar-refractivity contribution is 0.0955. The van der Waals surface area contributed by atoms with Crippen LogP contribution in [0.25, 0.3) is 0 Å². The van der Waals surface area contributed by atoms with Crippen LogP contribution in [0.3, 0.4) is 0 Å². The van der Waals surface area contributed by atoms with Gasteiger partial charge in [-0.3, -0.25) is 0 Å². The average Bonchev–Trinajstić information content (AvgIpc) is 2.67. The highest BCUT2D eigenvalue weighted by Crippen LogP contribution is 2.39. The first-order chi connectivity index (χ1) is 9.54. The van der Waals surface area contributed by atoms with E-state index in [1.807, 2.05) is 0 Å². The molecule has 2 nitrogen and oxygen atoms in total. The van der Waals surface area contributed by atoms with E-state index in [9.17, 15) is 0 Å². The van der Waals surface area contributed by atoms with Crippen LogP contribution >= 0.6 is 0 Å². The van der Waals surface area contributed by atoms with Gasteiger partial charge in [-0.05, 0) is 74.9 Å². The number of nitrogens with zero attached hydrogens (tertiary/aromatic N) is 1. The summed E-state index contributed by atoms with van der Waals surface area (Å²) in [7, 11) is 0. The van der Waals surface area contributed by atoms with E-state index in [4.69, 9.17) is 5.73 Å². The zero-order chi connectivity index (χ0) is 14.6. The third-order valence-electron chi connectivity index (χ3n) is 6.14. The van der Waals surface area contributed by atoms with Crippen molar-refractivity contribution in [2.75, 3.05) is 26.2 Å². The molecule has 0 amide bonds. The maximum Gasteiger partial charge on any atom is 0.00501 e. The Kier molecular flexibility index (Phi) is 5.92. The topological polar surface area (TPSA) is 29.3 Å². The number of hydrogen-bond acceptors (Lipinski definition) is 2. The summed E-state index contributed by atoms with van der Waals surface area (Å²) in [5, 5.41) is 0. The van der Waals surface area contributed by atoms with Crippen molar-refractivity contribution in [3.8, 4) is 0 Å². The molecule has 2 heteroatoms. The Balaban J connectivity index is 1.88. The number of rotatable bonds is 4. The zero-order valence-electron chi connectivity index (χ0n) is 14.0. The molecule has 1 atom stereocenters. The fourth-order valence-electron chi connectivity index (χ4n) is 4.28. The van der Waals surface area contributed by atoms with Gasteiger partial charge in [0.2, 0.25) is 0 Å². The van der Waals surface area contributed by atoms with Gasteiger partial charge in [0.05, 0.1) is 0 Å². The summed E-state index contributed by atoms with van der Waals surface area (Å²) < 4.78 is 0. The molecule has 0 aromatic heterocycles. The standard InChI is InChI=1S/C18H36N2/c1-15(2)17-5-4-11-20(12-8-17)14-18(13-19)9-6-16(3)7-10-18/h15-17H,4-14,19H2,1-3H3. The van der Waals surface area contributed by atoms with Crippen molar-refractivity contribution in [1.29, 1.82) is 0 Å². The van der Waals surface area contributed by atoms with Crippen molar-refractivity contribution in [3.05, 3.63) is 0 Å². The van der Waals surface area contributed by atoms with Crippen LogP contribution in [0.2, 0.25) is 0 Å². The van der Waals surface area contributed by atoms with E-state index in [0.29, 0.717) is 5.41 Å². The van der Waals surface area contributed by atoms with Crippen LogP contribution in [0.5, 0.6) is 0 Å². The molecule has 2 rings (SSSR count). The predicted octanol–water partition coefficient (Wildman–Crippen LogP) is 3.90. The molecule has 1 heterocycles. The van der Waals surface area contributed by atoms with Gasteiger partial charge < -0.3 is 10.6 Å². The second-order valence-electron chi connectivity index (χ2n) is 8.10. The summed E-state index contributed by atoms with van der Waals surface area (Å²) >= 11 is 0. The van der Waals surface area contributed by atoms with E-state index in [0.717, 1.165) is 24.3 Å². The van der Waals surface area contributed by atoms with Crippen molar-refractivity contribution in [1.82, 2.24) is 4.90 Å². The van der Waals surface area contributed by atoms with Crippen molar-refractivity contribution < 1.29 is 0 Å². The molecule has 1 unspecified atom stereocenters. The van der Waals surface area contributed by atoms with Crippen LogP contribution in [0.15, 0.2) is 0 Å². The van der Waals surface area contributed by atoms with E-state index in [-0.39, 0.29) is 0 Å². The minimum absolute atomic E-state index is 0.435. The SMILES string of the molecule is CC1CCC(CN)(CN2CCCC(C(C)C)CC2)CC1. The maximum atomic E-state index is 6.19. The normalized spacial score (nSPS) is 37.0. The first kappa shape index (κ1) is 16.3. The van der Waals surface area contributed by atoms with Gasteiger partial charge in [0.25, 0.3) is 0 Å². The highest BCUT2D eigenvalue weighted by molar-refractivity contribution is 4.89. The highest BCUT2D eigenvalue weighted by Gasteiger charge is 2.35. The van der Waals surface area contributed by atoms with Crippen molar-refractivity contribution in [2.45, 2.75) is 65.7 Å². The largest absolute Gasteiger partial charge is 0.330 e. The van der Waals surface area contributed by atoms with E-state index >= 15 is 0 Å². The molecule has 1 saturated carbocycles. The summed E-state index contributed by atoms with van der Waals surface area (Å²) in [4.78, 5) is 2.74. The summed E-state index contributed by atoms with van der Waals surface area (Å²) in [6.45, 7) is 12.0. The molecule has 2 fully saturated rings. The van der Waals surface area contributed by atoms with Crippen LogP contribution in [0.1, 0.15) is 65.7 Å². The lowest BCUT2D eigenvalue weighted by Crippen LogP contribution is -2.45. The molecule has 2 N–H and O–H groups in total.